The lowest BCUT2D eigenvalue weighted by atomic mass is 10.00. The molecule has 0 N–H and O–H groups in total. The lowest BCUT2D eigenvalue weighted by Gasteiger charge is -2.28. The van der Waals surface area contributed by atoms with Crippen LogP contribution in [0.1, 0.15) is 66.8 Å². The third kappa shape index (κ3) is 22.5. The first-order valence-electron chi connectivity index (χ1n) is 45.2. The van der Waals surface area contributed by atoms with Crippen molar-refractivity contribution in [3.8, 4) is 44.5 Å². The van der Waals surface area contributed by atoms with Crippen LogP contribution in [0.25, 0.3) is 93.1 Å². The van der Waals surface area contributed by atoms with Crippen molar-refractivity contribution in [2.75, 3.05) is 19.6 Å². The van der Waals surface area contributed by atoms with Crippen molar-refractivity contribution >= 4 is 117 Å². The number of hydrogen-bond donors (Lipinski definition) is 0. The number of aryl methyl sites for hydroxylation is 4. The van der Waals surface area contributed by atoms with Crippen LogP contribution in [0.4, 0.5) is 68.2 Å². The minimum atomic E-state index is 1.08. The highest BCUT2D eigenvalue weighted by Crippen LogP contribution is 2.46. The van der Waals surface area contributed by atoms with Gasteiger partial charge < -0.3 is 19.6 Å². The number of hydrogen-bond acceptors (Lipinski definition) is 4. The van der Waals surface area contributed by atoms with Crippen molar-refractivity contribution < 1.29 is 0 Å². The van der Waals surface area contributed by atoms with E-state index in [0.29, 0.717) is 0 Å². The zero-order valence-corrected chi connectivity index (χ0v) is 74.9. The minimum Gasteiger partial charge on any atom is -0.310 e. The van der Waals surface area contributed by atoms with Gasteiger partial charge in [-0.2, -0.15) is 0 Å². The standard InChI is InChI=1S/C68H52N2.C60H52N2/c1-5-21-53(22-6-1)25-13-15-27-55-37-45-61(46-38-55)69(67-35-19-17-33-65(67)59-29-9-3-10-30-59)63-49-41-57(42-50-63)58-43-51-64(52-44-58)70(68-36-20-18-34-66(68)60-31-11-4-12-32-60)62-47-39-56(40-48-62)28-16-14-26-54-23-7-2-8-24-54;1-45-23-41-59(47(3)43-45)61(55-33-25-51(26-34-55)21-13-11-19-49-15-7-5-8-16-49)57-37-29-53(30-38-57)54-31-39-58(40-32-54)62(60-42-24-46(2)44-48(60)4)56-35-27-52(28-36-56)22-14-12-20-50-17-9-6-10-18-50/h1-52H;5-44H,1-4H3/b25-13+,26-14+,27-15+,28-16+;19-11+,20-12+,21-13+,22-14+. The summed E-state index contributed by atoms with van der Waals surface area (Å²) in [4.78, 5) is 9.44. The van der Waals surface area contributed by atoms with Gasteiger partial charge in [0.2, 0.25) is 0 Å². The second-order valence-corrected chi connectivity index (χ2v) is 32.8. The molecular formula is C128H104N4. The van der Waals surface area contributed by atoms with Crippen LogP contribution in [0, 0.1) is 27.7 Å². The van der Waals surface area contributed by atoms with Crippen LogP contribution in [0.5, 0.6) is 0 Å². The van der Waals surface area contributed by atoms with Crippen LogP contribution >= 0.6 is 0 Å². The van der Waals surface area contributed by atoms with Gasteiger partial charge in [-0.1, -0.05) is 448 Å². The summed E-state index contributed by atoms with van der Waals surface area (Å²) in [6.45, 7) is 8.69. The highest BCUT2D eigenvalue weighted by Gasteiger charge is 2.22. The van der Waals surface area contributed by atoms with E-state index in [4.69, 9.17) is 0 Å². The van der Waals surface area contributed by atoms with Crippen molar-refractivity contribution in [3.05, 3.63) is 576 Å². The van der Waals surface area contributed by atoms with Crippen molar-refractivity contribution in [2.24, 2.45) is 0 Å². The van der Waals surface area contributed by atoms with Gasteiger partial charge in [0, 0.05) is 68.0 Å². The van der Waals surface area contributed by atoms with E-state index in [1.165, 1.54) is 77.9 Å². The third-order valence-corrected chi connectivity index (χ3v) is 23.4. The molecular weight excluding hydrogens is 1590 g/mol. The summed E-state index contributed by atoms with van der Waals surface area (Å²) in [5.41, 5.74) is 36.9. The Morgan fingerprint density at radius 1 is 0.144 bits per heavy atom. The molecule has 4 heteroatoms. The molecule has 4 nitrogen and oxygen atoms in total. The molecule has 0 bridgehead atoms. The van der Waals surface area contributed by atoms with E-state index < -0.39 is 0 Å². The molecule has 0 atom stereocenters. The number of allylic oxidation sites excluding steroid dienone is 8. The minimum absolute atomic E-state index is 1.08. The molecule has 636 valence electrons. The average molecular weight is 1700 g/mol. The van der Waals surface area contributed by atoms with Gasteiger partial charge in [-0.15, -0.1) is 0 Å². The molecule has 0 spiro atoms. The molecule has 0 saturated heterocycles. The van der Waals surface area contributed by atoms with Crippen molar-refractivity contribution in [2.45, 2.75) is 27.7 Å². The quantitative estimate of drug-likeness (QED) is 0.0453. The maximum atomic E-state index is 2.36. The molecule has 0 aromatic heterocycles. The first kappa shape index (κ1) is 87.2. The van der Waals surface area contributed by atoms with Crippen LogP contribution < -0.4 is 19.6 Å². The van der Waals surface area contributed by atoms with Gasteiger partial charge in [0.25, 0.3) is 0 Å². The summed E-state index contributed by atoms with van der Waals surface area (Å²) in [5.74, 6) is 0. The van der Waals surface area contributed by atoms with Gasteiger partial charge in [-0.25, -0.2) is 0 Å². The Hall–Kier alpha value is -16.9. The fourth-order valence-electron chi connectivity index (χ4n) is 16.6. The molecule has 0 unspecified atom stereocenters. The van der Waals surface area contributed by atoms with Crippen LogP contribution in [-0.4, -0.2) is 0 Å². The van der Waals surface area contributed by atoms with E-state index >= 15 is 0 Å². The van der Waals surface area contributed by atoms with Gasteiger partial charge in [0.1, 0.15) is 0 Å². The molecule has 18 rings (SSSR count). The Kier molecular flexibility index (Phi) is 28.7. The number of anilines is 12. The van der Waals surface area contributed by atoms with E-state index in [9.17, 15) is 0 Å². The van der Waals surface area contributed by atoms with Crippen LogP contribution in [0.15, 0.2) is 510 Å². The zero-order valence-electron chi connectivity index (χ0n) is 74.9. The smallest absolute Gasteiger partial charge is 0.0540 e. The van der Waals surface area contributed by atoms with Crippen LogP contribution in [0.2, 0.25) is 0 Å². The molecule has 18 aromatic carbocycles. The van der Waals surface area contributed by atoms with Crippen molar-refractivity contribution in [1.82, 2.24) is 0 Å². The van der Waals surface area contributed by atoms with Gasteiger partial charge in [0.15, 0.2) is 0 Å². The first-order chi connectivity index (χ1) is 65.1. The number of rotatable bonds is 28. The molecule has 18 aromatic rings. The maximum Gasteiger partial charge on any atom is 0.0540 e. The second-order valence-electron chi connectivity index (χ2n) is 32.8. The Labute approximate surface area is 779 Å². The van der Waals surface area contributed by atoms with Crippen LogP contribution in [0.3, 0.4) is 0 Å². The van der Waals surface area contributed by atoms with Gasteiger partial charge >= 0.3 is 0 Å². The fraction of sp³-hybridized carbons (Fsp3) is 0.0312. The SMILES string of the molecule is C(/C=C/c1ccc(N(c2ccc(-c3ccc(N(c4ccc(/C=C/C=C/c5ccccc5)cc4)c4ccccc4-c4ccccc4)cc3)cc2)c2ccccc2-c2ccccc2)cc1)=C\c1ccccc1.Cc1ccc(N(c2ccc(/C=C/C=C/c3ccccc3)cc2)c2ccc(-c3ccc(N(c4ccc(/C=C/C=C/c5ccccc5)cc4)c4ccc(C)cc4C)cc3)cc2)c(C)c1. The van der Waals surface area contributed by atoms with E-state index in [2.05, 4.69) is 581 Å². The summed E-state index contributed by atoms with van der Waals surface area (Å²) >= 11 is 0. The average Bonchev–Trinajstić information content (AvgIpc) is 0.790. The largest absolute Gasteiger partial charge is 0.310 e. The topological polar surface area (TPSA) is 13.0 Å². The molecule has 0 aliphatic heterocycles. The van der Waals surface area contributed by atoms with E-state index in [1.54, 1.807) is 0 Å². The monoisotopic (exact) mass is 1700 g/mol. The third-order valence-electron chi connectivity index (χ3n) is 23.4. The molecule has 0 aliphatic carbocycles. The summed E-state index contributed by atoms with van der Waals surface area (Å²) in [7, 11) is 0. The summed E-state index contributed by atoms with van der Waals surface area (Å²) in [6.07, 6.45) is 33.8. The molecule has 0 heterocycles. The van der Waals surface area contributed by atoms with Crippen molar-refractivity contribution in [1.29, 1.82) is 0 Å². The lowest BCUT2D eigenvalue weighted by Crippen LogP contribution is -2.11. The maximum absolute atomic E-state index is 2.36. The van der Waals surface area contributed by atoms with Crippen molar-refractivity contribution in [3.63, 3.8) is 0 Å². The predicted octanol–water partition coefficient (Wildman–Crippen LogP) is 36.1. The lowest BCUT2D eigenvalue weighted by molar-refractivity contribution is 1.23. The summed E-state index contributed by atoms with van der Waals surface area (Å²) < 4.78 is 0. The Balaban J connectivity index is 0.000000186. The summed E-state index contributed by atoms with van der Waals surface area (Å²) in [5, 5.41) is 0. The molecule has 0 radical (unpaired) electrons. The Morgan fingerprint density at radius 3 is 0.545 bits per heavy atom. The highest BCUT2D eigenvalue weighted by molar-refractivity contribution is 5.92. The van der Waals surface area contributed by atoms with Crippen LogP contribution in [-0.2, 0) is 0 Å². The van der Waals surface area contributed by atoms with Gasteiger partial charge in [-0.3, -0.25) is 0 Å². The first-order valence-corrected chi connectivity index (χ1v) is 45.2. The Bertz CT molecular complexity index is 6610. The van der Waals surface area contributed by atoms with E-state index in [0.717, 1.165) is 102 Å². The molecule has 0 amide bonds. The van der Waals surface area contributed by atoms with Gasteiger partial charge in [0.05, 0.1) is 11.4 Å². The summed E-state index contributed by atoms with van der Waals surface area (Å²) in [6, 6.07) is 165. The highest BCUT2D eigenvalue weighted by atomic mass is 15.2. The Morgan fingerprint density at radius 2 is 0.326 bits per heavy atom. The fourth-order valence-corrected chi connectivity index (χ4v) is 16.6. The normalized spacial score (nSPS) is 11.5. The van der Waals surface area contributed by atoms with E-state index in [1.807, 2.05) is 24.3 Å². The number of benzene rings is 18. The molecule has 0 fully saturated rings. The zero-order chi connectivity index (χ0) is 89.8. The number of para-hydroxylation sites is 2. The molecule has 0 aliphatic rings. The second kappa shape index (κ2) is 43.5. The molecule has 0 saturated carbocycles. The predicted molar refractivity (Wildman–Crippen MR) is 570 cm³/mol. The van der Waals surface area contributed by atoms with E-state index in [-0.39, 0.29) is 0 Å². The van der Waals surface area contributed by atoms with Gasteiger partial charge in [-0.05, 0) is 238 Å². The number of nitrogens with zero attached hydrogens (tertiary/aromatic N) is 4. The molecule has 132 heavy (non-hydrogen) atoms.